The van der Waals surface area contributed by atoms with Crippen molar-refractivity contribution in [2.45, 2.75) is 12.8 Å². The molecule has 0 bridgehead atoms. The van der Waals surface area contributed by atoms with Gasteiger partial charge in [0.05, 0.1) is 14.3 Å². The molecular formula is C10H10ClFIN. The molecule has 1 aliphatic heterocycles. The summed E-state index contributed by atoms with van der Waals surface area (Å²) in [5.74, 6) is -0.237. The summed E-state index contributed by atoms with van der Waals surface area (Å²) in [5, 5.41) is 0.518. The van der Waals surface area contributed by atoms with E-state index in [0.717, 1.165) is 18.8 Å². The third-order valence-electron chi connectivity index (χ3n) is 2.44. The summed E-state index contributed by atoms with van der Waals surface area (Å²) in [6.45, 7) is 2.06. The molecule has 1 fully saturated rings. The number of halogens is 3. The van der Waals surface area contributed by atoms with Gasteiger partial charge in [-0.15, -0.1) is 0 Å². The first-order valence-electron chi connectivity index (χ1n) is 4.58. The van der Waals surface area contributed by atoms with Gasteiger partial charge in [0.15, 0.2) is 0 Å². The Labute approximate surface area is 101 Å². The van der Waals surface area contributed by atoms with Gasteiger partial charge in [0, 0.05) is 13.1 Å². The lowest BCUT2D eigenvalue weighted by molar-refractivity contribution is 0.620. The van der Waals surface area contributed by atoms with Crippen molar-refractivity contribution in [3.8, 4) is 0 Å². The highest BCUT2D eigenvalue weighted by Gasteiger charge is 2.16. The molecule has 0 radical (unpaired) electrons. The molecule has 76 valence electrons. The largest absolute Gasteiger partial charge is 0.370 e. The van der Waals surface area contributed by atoms with Crippen LogP contribution in [0, 0.1) is 9.39 Å². The van der Waals surface area contributed by atoms with Crippen LogP contribution in [0.4, 0.5) is 10.1 Å². The van der Waals surface area contributed by atoms with Crippen LogP contribution in [0.3, 0.4) is 0 Å². The second kappa shape index (κ2) is 4.23. The Kier molecular flexibility index (Phi) is 3.17. The molecule has 0 N–H and O–H groups in total. The lowest BCUT2D eigenvalue weighted by Crippen LogP contribution is -2.18. The lowest BCUT2D eigenvalue weighted by atomic mass is 10.3. The molecule has 1 saturated heterocycles. The molecule has 0 atom stereocenters. The average Bonchev–Trinajstić information content (AvgIpc) is 2.64. The van der Waals surface area contributed by atoms with Gasteiger partial charge in [0.25, 0.3) is 0 Å². The fourth-order valence-corrected chi connectivity index (χ4v) is 2.43. The topological polar surface area (TPSA) is 3.24 Å². The SMILES string of the molecule is Fc1cc(Cl)c(N2CCCC2)cc1I. The van der Waals surface area contributed by atoms with Crippen molar-refractivity contribution in [1.29, 1.82) is 0 Å². The van der Waals surface area contributed by atoms with E-state index in [-0.39, 0.29) is 5.82 Å². The fourth-order valence-electron chi connectivity index (χ4n) is 1.71. The van der Waals surface area contributed by atoms with Crippen molar-refractivity contribution in [3.05, 3.63) is 26.5 Å². The van der Waals surface area contributed by atoms with E-state index < -0.39 is 0 Å². The van der Waals surface area contributed by atoms with Crippen molar-refractivity contribution in [2.75, 3.05) is 18.0 Å². The van der Waals surface area contributed by atoms with E-state index in [1.54, 1.807) is 0 Å². The molecule has 1 nitrogen and oxygen atoms in total. The van der Waals surface area contributed by atoms with E-state index in [4.69, 9.17) is 11.6 Å². The van der Waals surface area contributed by atoms with Crippen LogP contribution in [0.25, 0.3) is 0 Å². The Morgan fingerprint density at radius 3 is 2.57 bits per heavy atom. The molecule has 1 aromatic carbocycles. The van der Waals surface area contributed by atoms with E-state index >= 15 is 0 Å². The highest BCUT2D eigenvalue weighted by Crippen LogP contribution is 2.31. The molecule has 1 aromatic rings. The zero-order valence-corrected chi connectivity index (χ0v) is 10.5. The molecule has 0 unspecified atom stereocenters. The highest BCUT2D eigenvalue weighted by atomic mass is 127. The summed E-state index contributed by atoms with van der Waals surface area (Å²) >= 11 is 7.99. The fraction of sp³-hybridized carbons (Fsp3) is 0.400. The second-order valence-corrected chi connectivity index (χ2v) is 4.98. The van der Waals surface area contributed by atoms with Crippen LogP contribution >= 0.6 is 34.2 Å². The zero-order chi connectivity index (χ0) is 10.1. The van der Waals surface area contributed by atoms with Gasteiger partial charge in [-0.25, -0.2) is 4.39 Å². The molecule has 2 rings (SSSR count). The van der Waals surface area contributed by atoms with Crippen LogP contribution < -0.4 is 4.90 Å². The van der Waals surface area contributed by atoms with Crippen molar-refractivity contribution in [3.63, 3.8) is 0 Å². The summed E-state index contributed by atoms with van der Waals surface area (Å²) in [4.78, 5) is 2.21. The number of hydrogen-bond donors (Lipinski definition) is 0. The van der Waals surface area contributed by atoms with Gasteiger partial charge >= 0.3 is 0 Å². The van der Waals surface area contributed by atoms with Crippen LogP contribution in [0.15, 0.2) is 12.1 Å². The molecule has 0 aliphatic carbocycles. The van der Waals surface area contributed by atoms with E-state index in [0.29, 0.717) is 8.59 Å². The Morgan fingerprint density at radius 2 is 1.93 bits per heavy atom. The standard InChI is InChI=1S/C10H10ClFIN/c11-7-5-8(12)9(13)6-10(7)14-3-1-2-4-14/h5-6H,1-4H2. The number of nitrogens with zero attached hydrogens (tertiary/aromatic N) is 1. The quantitative estimate of drug-likeness (QED) is 0.562. The lowest BCUT2D eigenvalue weighted by Gasteiger charge is -2.19. The normalized spacial score (nSPS) is 16.4. The Hall–Kier alpha value is -0.0300. The first-order valence-corrected chi connectivity index (χ1v) is 6.03. The van der Waals surface area contributed by atoms with Crippen molar-refractivity contribution >= 4 is 39.9 Å². The summed E-state index contributed by atoms with van der Waals surface area (Å²) in [5.41, 5.74) is 0.968. The molecule has 0 amide bonds. The third-order valence-corrected chi connectivity index (χ3v) is 3.57. The van der Waals surface area contributed by atoms with Gasteiger partial charge in [-0.2, -0.15) is 0 Å². The molecule has 4 heteroatoms. The maximum atomic E-state index is 13.1. The first kappa shape index (κ1) is 10.5. The molecule has 14 heavy (non-hydrogen) atoms. The van der Waals surface area contributed by atoms with Crippen LogP contribution in [0.1, 0.15) is 12.8 Å². The molecule has 0 aromatic heterocycles. The monoisotopic (exact) mass is 325 g/mol. The smallest absolute Gasteiger partial charge is 0.138 e. The average molecular weight is 326 g/mol. The van der Waals surface area contributed by atoms with Crippen molar-refractivity contribution < 1.29 is 4.39 Å². The van der Waals surface area contributed by atoms with Gasteiger partial charge in [0.1, 0.15) is 5.82 Å². The highest BCUT2D eigenvalue weighted by molar-refractivity contribution is 14.1. The maximum absolute atomic E-state index is 13.1. The number of rotatable bonds is 1. The van der Waals surface area contributed by atoms with Crippen molar-refractivity contribution in [1.82, 2.24) is 0 Å². The van der Waals surface area contributed by atoms with E-state index in [2.05, 4.69) is 4.90 Å². The minimum atomic E-state index is -0.237. The minimum Gasteiger partial charge on any atom is -0.370 e. The van der Waals surface area contributed by atoms with Crippen LogP contribution in [-0.2, 0) is 0 Å². The molecule has 0 saturated carbocycles. The zero-order valence-electron chi connectivity index (χ0n) is 7.56. The third kappa shape index (κ3) is 1.98. The van der Waals surface area contributed by atoms with Gasteiger partial charge in [-0.05, 0) is 47.6 Å². The predicted molar refractivity (Wildman–Crippen MR) is 65.6 cm³/mol. The minimum absolute atomic E-state index is 0.237. The number of benzene rings is 1. The van der Waals surface area contributed by atoms with Gasteiger partial charge in [0.2, 0.25) is 0 Å². The number of anilines is 1. The second-order valence-electron chi connectivity index (χ2n) is 3.41. The maximum Gasteiger partial charge on any atom is 0.138 e. The van der Waals surface area contributed by atoms with E-state index in [9.17, 15) is 4.39 Å². The van der Waals surface area contributed by atoms with Gasteiger partial charge in [-0.1, -0.05) is 11.6 Å². The van der Waals surface area contributed by atoms with Crippen LogP contribution in [-0.4, -0.2) is 13.1 Å². The summed E-state index contributed by atoms with van der Waals surface area (Å²) in [7, 11) is 0. The van der Waals surface area contributed by atoms with Crippen LogP contribution in [0.5, 0.6) is 0 Å². The van der Waals surface area contributed by atoms with Crippen LogP contribution in [0.2, 0.25) is 5.02 Å². The number of hydrogen-bond acceptors (Lipinski definition) is 1. The Morgan fingerprint density at radius 1 is 1.29 bits per heavy atom. The predicted octanol–water partition coefficient (Wildman–Crippen LogP) is 3.68. The summed E-state index contributed by atoms with van der Waals surface area (Å²) < 4.78 is 13.8. The molecule has 1 heterocycles. The van der Waals surface area contributed by atoms with E-state index in [1.165, 1.54) is 18.9 Å². The molecule has 1 aliphatic rings. The molecular weight excluding hydrogens is 315 g/mol. The van der Waals surface area contributed by atoms with Crippen molar-refractivity contribution in [2.24, 2.45) is 0 Å². The Bertz CT molecular complexity index is 350. The summed E-state index contributed by atoms with van der Waals surface area (Å²) in [6.07, 6.45) is 2.40. The van der Waals surface area contributed by atoms with Gasteiger partial charge in [-0.3, -0.25) is 0 Å². The Balaban J connectivity index is 2.37. The van der Waals surface area contributed by atoms with E-state index in [1.807, 2.05) is 28.7 Å². The first-order chi connectivity index (χ1) is 6.68. The molecule has 0 spiro atoms. The van der Waals surface area contributed by atoms with Gasteiger partial charge < -0.3 is 4.90 Å². The summed E-state index contributed by atoms with van der Waals surface area (Å²) in [6, 6.07) is 3.22.